The van der Waals surface area contributed by atoms with E-state index in [1.54, 1.807) is 0 Å². The van der Waals surface area contributed by atoms with Gasteiger partial charge >= 0.3 is 0 Å². The van der Waals surface area contributed by atoms with Gasteiger partial charge in [0.15, 0.2) is 0 Å². The van der Waals surface area contributed by atoms with Gasteiger partial charge in [0.05, 0.1) is 6.61 Å². The highest BCUT2D eigenvalue weighted by Crippen LogP contribution is 2.70. The molecule has 0 radical (unpaired) electrons. The summed E-state index contributed by atoms with van der Waals surface area (Å²) in [6.45, 7) is 3.71. The molecule has 3 nitrogen and oxygen atoms in total. The molecule has 5 aliphatic rings. The maximum absolute atomic E-state index is 14.0. The van der Waals surface area contributed by atoms with Crippen LogP contribution in [0.15, 0.2) is 30.3 Å². The van der Waals surface area contributed by atoms with Crippen molar-refractivity contribution in [2.24, 2.45) is 28.4 Å². The predicted molar refractivity (Wildman–Crippen MR) is 120 cm³/mol. The molecule has 5 aliphatic carbocycles. The van der Waals surface area contributed by atoms with Gasteiger partial charge in [0.25, 0.3) is 0 Å². The van der Waals surface area contributed by atoms with Gasteiger partial charge in [-0.3, -0.25) is 4.79 Å². The van der Waals surface area contributed by atoms with Crippen LogP contribution < -0.4 is 5.73 Å². The first-order chi connectivity index (χ1) is 14.5. The summed E-state index contributed by atoms with van der Waals surface area (Å²) in [5.74, 6) is 1.81. The highest BCUT2D eigenvalue weighted by atomic mass is 16.5. The fourth-order valence-electron chi connectivity index (χ4n) is 8.41. The first-order valence-electron chi connectivity index (χ1n) is 12.4. The maximum atomic E-state index is 14.0. The van der Waals surface area contributed by atoms with E-state index in [9.17, 15) is 4.79 Å². The van der Waals surface area contributed by atoms with Crippen LogP contribution in [-0.4, -0.2) is 25.0 Å². The van der Waals surface area contributed by atoms with E-state index < -0.39 is 0 Å². The number of carbonyl (C=O) groups excluding carboxylic acids is 1. The number of rotatable bonds is 7. The van der Waals surface area contributed by atoms with Gasteiger partial charge in [0.2, 0.25) is 0 Å². The Morgan fingerprint density at radius 1 is 1.03 bits per heavy atom. The van der Waals surface area contributed by atoms with Gasteiger partial charge in [0, 0.05) is 24.5 Å². The Hall–Kier alpha value is -1.19. The maximum Gasteiger partial charge on any atom is 0.139 e. The zero-order valence-corrected chi connectivity index (χ0v) is 18.7. The Kier molecular flexibility index (Phi) is 5.34. The summed E-state index contributed by atoms with van der Waals surface area (Å²) < 4.78 is 6.06. The fourth-order valence-corrected chi connectivity index (χ4v) is 8.41. The lowest BCUT2D eigenvalue weighted by Gasteiger charge is -2.66. The lowest BCUT2D eigenvalue weighted by molar-refractivity contribution is -0.171. The van der Waals surface area contributed by atoms with Crippen molar-refractivity contribution in [1.82, 2.24) is 0 Å². The van der Waals surface area contributed by atoms with E-state index in [4.69, 9.17) is 10.5 Å². The van der Waals surface area contributed by atoms with E-state index >= 15 is 0 Å². The zero-order chi connectivity index (χ0) is 20.8. The molecule has 0 spiro atoms. The molecule has 1 aromatic rings. The van der Waals surface area contributed by atoms with Crippen molar-refractivity contribution in [3.05, 3.63) is 35.9 Å². The van der Waals surface area contributed by atoms with E-state index in [0.717, 1.165) is 64.6 Å². The van der Waals surface area contributed by atoms with E-state index in [0.29, 0.717) is 23.7 Å². The number of ether oxygens (including phenoxy) is 1. The summed E-state index contributed by atoms with van der Waals surface area (Å²) in [6, 6.07) is 11.5. The molecule has 5 saturated carbocycles. The molecule has 3 heteroatoms. The van der Waals surface area contributed by atoms with Crippen LogP contribution in [0.25, 0.3) is 0 Å². The number of Topliss-reactive ketones (excluding diaryl/α,β-unsaturated/α-hetero) is 1. The second kappa shape index (κ2) is 7.74. The van der Waals surface area contributed by atoms with Gasteiger partial charge in [-0.05, 0) is 99.4 Å². The molecule has 0 saturated heterocycles. The predicted octanol–water partition coefficient (Wildman–Crippen LogP) is 5.41. The molecule has 4 atom stereocenters. The third-order valence-corrected chi connectivity index (χ3v) is 9.14. The summed E-state index contributed by atoms with van der Waals surface area (Å²) in [5, 5.41) is 0. The third kappa shape index (κ3) is 3.56. The van der Waals surface area contributed by atoms with Crippen molar-refractivity contribution in [3.63, 3.8) is 0 Å². The molecule has 4 unspecified atom stereocenters. The monoisotopic (exact) mass is 409 g/mol. The Morgan fingerprint density at radius 3 is 2.53 bits per heavy atom. The average Bonchev–Trinajstić information content (AvgIpc) is 2.74. The van der Waals surface area contributed by atoms with E-state index in [2.05, 4.69) is 37.3 Å². The van der Waals surface area contributed by atoms with Gasteiger partial charge in [-0.15, -0.1) is 0 Å². The number of hydrogen-bond donors (Lipinski definition) is 1. The number of ketones is 1. The normalized spacial score (nSPS) is 42.4. The number of hydrogen-bond acceptors (Lipinski definition) is 3. The van der Waals surface area contributed by atoms with E-state index in [-0.39, 0.29) is 16.2 Å². The van der Waals surface area contributed by atoms with E-state index in [1.807, 2.05) is 0 Å². The topological polar surface area (TPSA) is 52.3 Å². The Bertz CT molecular complexity index is 770. The highest BCUT2D eigenvalue weighted by Gasteiger charge is 2.65. The summed E-state index contributed by atoms with van der Waals surface area (Å²) in [5.41, 5.74) is 7.83. The van der Waals surface area contributed by atoms with Crippen LogP contribution in [0, 0.1) is 22.7 Å². The molecule has 4 bridgehead atoms. The summed E-state index contributed by atoms with van der Waals surface area (Å²) in [4.78, 5) is 14.0. The highest BCUT2D eigenvalue weighted by molar-refractivity contribution is 5.86. The van der Waals surface area contributed by atoms with Crippen LogP contribution in [0.5, 0.6) is 0 Å². The standard InChI is InChI=1S/C27H39NO2/c1-2-30-19-25-13-21-14-26(16-25,22-6-4-3-5-7-22)18-27(15-21,17-25)24(29)12-20-8-10-23(28)11-9-20/h3-7,20-21,23H,2,8-19,28H2,1H3. The minimum Gasteiger partial charge on any atom is -0.381 e. The van der Waals surface area contributed by atoms with Gasteiger partial charge in [-0.25, -0.2) is 0 Å². The summed E-state index contributed by atoms with van der Waals surface area (Å²) >= 11 is 0. The lowest BCUT2D eigenvalue weighted by Crippen LogP contribution is -2.62. The smallest absolute Gasteiger partial charge is 0.139 e. The van der Waals surface area contributed by atoms with Crippen LogP contribution in [0.3, 0.4) is 0 Å². The Morgan fingerprint density at radius 2 is 1.80 bits per heavy atom. The van der Waals surface area contributed by atoms with Gasteiger partial charge in [0.1, 0.15) is 5.78 Å². The number of benzene rings is 1. The minimum absolute atomic E-state index is 0.119. The zero-order valence-electron chi connectivity index (χ0n) is 18.7. The minimum atomic E-state index is -0.119. The lowest BCUT2D eigenvalue weighted by atomic mass is 9.37. The summed E-state index contributed by atoms with van der Waals surface area (Å²) in [6.07, 6.45) is 12.2. The molecule has 30 heavy (non-hydrogen) atoms. The Balaban J connectivity index is 1.45. The molecule has 0 aliphatic heterocycles. The van der Waals surface area contributed by atoms with Crippen LogP contribution in [-0.2, 0) is 14.9 Å². The molecule has 1 aromatic carbocycles. The SMILES string of the molecule is CCOCC12CC3CC(C(=O)CC4CCC(N)CC4)(C1)CC(c1ccccc1)(C3)C2. The number of nitrogens with two attached hydrogens (primary N) is 1. The first kappa shape index (κ1) is 20.7. The molecule has 0 amide bonds. The van der Waals surface area contributed by atoms with E-state index in [1.165, 1.54) is 24.8 Å². The fraction of sp³-hybridized carbons (Fsp3) is 0.741. The van der Waals surface area contributed by atoms with Crippen molar-refractivity contribution >= 4 is 5.78 Å². The van der Waals surface area contributed by atoms with Crippen LogP contribution >= 0.6 is 0 Å². The van der Waals surface area contributed by atoms with Crippen LogP contribution in [0.1, 0.15) is 83.1 Å². The molecule has 0 heterocycles. The van der Waals surface area contributed by atoms with Crippen molar-refractivity contribution < 1.29 is 9.53 Å². The van der Waals surface area contributed by atoms with Crippen LogP contribution in [0.4, 0.5) is 0 Å². The van der Waals surface area contributed by atoms with Gasteiger partial charge in [-0.1, -0.05) is 30.3 Å². The summed E-state index contributed by atoms with van der Waals surface area (Å²) in [7, 11) is 0. The van der Waals surface area contributed by atoms with Gasteiger partial charge < -0.3 is 10.5 Å². The largest absolute Gasteiger partial charge is 0.381 e. The molecule has 0 aromatic heterocycles. The van der Waals surface area contributed by atoms with Gasteiger partial charge in [-0.2, -0.15) is 0 Å². The van der Waals surface area contributed by atoms with Crippen molar-refractivity contribution in [1.29, 1.82) is 0 Å². The Labute approximate surface area is 182 Å². The second-order valence-electron chi connectivity index (χ2n) is 11.5. The first-order valence-corrected chi connectivity index (χ1v) is 12.4. The third-order valence-electron chi connectivity index (χ3n) is 9.14. The molecule has 6 rings (SSSR count). The quantitative estimate of drug-likeness (QED) is 0.655. The van der Waals surface area contributed by atoms with Crippen LogP contribution in [0.2, 0.25) is 0 Å². The van der Waals surface area contributed by atoms with Crippen molar-refractivity contribution in [3.8, 4) is 0 Å². The molecule has 5 fully saturated rings. The number of carbonyl (C=O) groups is 1. The molecular weight excluding hydrogens is 370 g/mol. The average molecular weight is 410 g/mol. The molecular formula is C27H39NO2. The second-order valence-corrected chi connectivity index (χ2v) is 11.5. The molecule has 164 valence electrons. The van der Waals surface area contributed by atoms with Crippen molar-refractivity contribution in [2.45, 2.75) is 89.0 Å². The van der Waals surface area contributed by atoms with Crippen molar-refractivity contribution in [2.75, 3.05) is 13.2 Å². The molecule has 2 N–H and O–H groups in total.